The number of carbonyl (C=O) groups is 4. The van der Waals surface area contributed by atoms with Gasteiger partial charge in [-0.05, 0) is 68.3 Å². The highest BCUT2D eigenvalue weighted by molar-refractivity contribution is 6.22. The van der Waals surface area contributed by atoms with E-state index in [4.69, 9.17) is 9.47 Å². The van der Waals surface area contributed by atoms with E-state index >= 15 is 0 Å². The molecular weight excluding hydrogens is 448 g/mol. The van der Waals surface area contributed by atoms with Crippen molar-refractivity contribution in [1.29, 1.82) is 0 Å². The lowest BCUT2D eigenvalue weighted by atomic mass is 9.81. The minimum absolute atomic E-state index is 0.0731. The van der Waals surface area contributed by atoms with Crippen LogP contribution in [0, 0.1) is 17.8 Å². The maximum Gasteiger partial charge on any atom is 0.316 e. The van der Waals surface area contributed by atoms with Crippen LogP contribution in [-0.4, -0.2) is 36.8 Å². The Morgan fingerprint density at radius 2 is 1.43 bits per heavy atom. The van der Waals surface area contributed by atoms with Gasteiger partial charge in [0, 0.05) is 18.7 Å². The van der Waals surface area contributed by atoms with Crippen LogP contribution in [0.1, 0.15) is 39.0 Å². The zero-order valence-electron chi connectivity index (χ0n) is 19.6. The molecule has 5 rings (SSSR count). The summed E-state index contributed by atoms with van der Waals surface area (Å²) >= 11 is 0. The highest BCUT2D eigenvalue weighted by Crippen LogP contribution is 2.40. The number of fused-ring (bicyclic) bond motifs is 1. The Hall–Kier alpha value is -3.68. The zero-order chi connectivity index (χ0) is 24.5. The van der Waals surface area contributed by atoms with Gasteiger partial charge in [0.1, 0.15) is 11.5 Å². The average Bonchev–Trinajstić information content (AvgIpc) is 3.38. The van der Waals surface area contributed by atoms with Gasteiger partial charge in [0.2, 0.25) is 17.7 Å². The molecule has 2 heterocycles. The molecule has 8 nitrogen and oxygen atoms in total. The van der Waals surface area contributed by atoms with Gasteiger partial charge in [-0.2, -0.15) is 0 Å². The van der Waals surface area contributed by atoms with Gasteiger partial charge in [-0.25, -0.2) is 0 Å². The summed E-state index contributed by atoms with van der Waals surface area (Å²) < 4.78 is 11.0. The van der Waals surface area contributed by atoms with E-state index in [0.717, 1.165) is 31.4 Å². The molecule has 35 heavy (non-hydrogen) atoms. The number of imide groups is 1. The Bertz CT molecular complexity index is 1120. The molecule has 2 aliphatic heterocycles. The summed E-state index contributed by atoms with van der Waals surface area (Å²) in [6.45, 7) is 2.70. The fourth-order valence-corrected chi connectivity index (χ4v) is 5.28. The van der Waals surface area contributed by atoms with Crippen molar-refractivity contribution in [1.82, 2.24) is 0 Å². The van der Waals surface area contributed by atoms with Gasteiger partial charge in [0.15, 0.2) is 0 Å². The van der Waals surface area contributed by atoms with Gasteiger partial charge in [-0.3, -0.25) is 24.1 Å². The molecule has 3 amide bonds. The van der Waals surface area contributed by atoms with E-state index in [1.807, 2.05) is 6.92 Å². The van der Waals surface area contributed by atoms with Crippen LogP contribution in [0.25, 0.3) is 0 Å². The van der Waals surface area contributed by atoms with E-state index in [-0.39, 0.29) is 42.5 Å². The average molecular weight is 477 g/mol. The molecule has 2 saturated heterocycles. The lowest BCUT2D eigenvalue weighted by Gasteiger charge is -2.19. The maximum atomic E-state index is 12.8. The molecule has 0 radical (unpaired) electrons. The van der Waals surface area contributed by atoms with Crippen LogP contribution >= 0.6 is 0 Å². The normalized spacial score (nSPS) is 24.0. The first-order valence-corrected chi connectivity index (χ1v) is 12.2. The first-order valence-electron chi connectivity index (χ1n) is 12.2. The fourth-order valence-electron chi connectivity index (χ4n) is 5.28. The SMILES string of the molecule is CCOc1ccc(N2C[C@H](C(=O)Oc3ccc(N4C(=O)[C@H]5CCCC[C@H]5C4=O)cc3)CC2=O)cc1. The Morgan fingerprint density at radius 3 is 2.03 bits per heavy atom. The molecule has 1 saturated carbocycles. The highest BCUT2D eigenvalue weighted by atomic mass is 16.5. The third kappa shape index (κ3) is 4.40. The number of hydrogen-bond donors (Lipinski definition) is 0. The van der Waals surface area contributed by atoms with E-state index in [2.05, 4.69) is 0 Å². The minimum Gasteiger partial charge on any atom is -0.494 e. The summed E-state index contributed by atoms with van der Waals surface area (Å²) in [6, 6.07) is 13.6. The first-order chi connectivity index (χ1) is 17.0. The molecule has 0 unspecified atom stereocenters. The van der Waals surface area contributed by atoms with Crippen molar-refractivity contribution in [3.05, 3.63) is 48.5 Å². The number of anilines is 2. The third-order valence-electron chi connectivity index (χ3n) is 7.07. The number of rotatable bonds is 6. The number of amides is 3. The fraction of sp³-hybridized carbons (Fsp3) is 0.407. The van der Waals surface area contributed by atoms with E-state index in [1.54, 1.807) is 53.4 Å². The molecule has 8 heteroatoms. The first kappa shape index (κ1) is 23.1. The molecule has 3 atom stereocenters. The molecular formula is C27H28N2O6. The van der Waals surface area contributed by atoms with Crippen molar-refractivity contribution in [3.63, 3.8) is 0 Å². The van der Waals surface area contributed by atoms with Gasteiger partial charge in [-0.15, -0.1) is 0 Å². The second-order valence-corrected chi connectivity index (χ2v) is 9.26. The van der Waals surface area contributed by atoms with Crippen LogP contribution in [0.5, 0.6) is 11.5 Å². The Balaban J connectivity index is 1.22. The summed E-state index contributed by atoms with van der Waals surface area (Å²) in [5, 5.41) is 0. The Morgan fingerprint density at radius 1 is 0.857 bits per heavy atom. The summed E-state index contributed by atoms with van der Waals surface area (Å²) in [5.41, 5.74) is 1.20. The molecule has 0 aromatic heterocycles. The molecule has 0 bridgehead atoms. The van der Waals surface area contributed by atoms with Crippen molar-refractivity contribution in [2.45, 2.75) is 39.0 Å². The number of esters is 1. The van der Waals surface area contributed by atoms with Crippen molar-refractivity contribution < 1.29 is 28.7 Å². The lowest BCUT2D eigenvalue weighted by molar-refractivity contribution is -0.139. The third-order valence-corrected chi connectivity index (χ3v) is 7.07. The standard InChI is InChI=1S/C27H28N2O6/c1-2-34-20-11-7-18(8-12-20)28-16-17(15-24(28)30)27(33)35-21-13-9-19(10-14-21)29-25(31)22-5-3-4-6-23(22)26(29)32/h7-14,17,22-23H,2-6,15-16H2,1H3/t17-,22-,23+/m1/s1. The molecule has 2 aromatic rings. The monoisotopic (exact) mass is 476 g/mol. The van der Waals surface area contributed by atoms with Crippen LogP contribution in [0.3, 0.4) is 0 Å². The van der Waals surface area contributed by atoms with Crippen molar-refractivity contribution in [2.24, 2.45) is 17.8 Å². The predicted molar refractivity (Wildman–Crippen MR) is 128 cm³/mol. The van der Waals surface area contributed by atoms with Crippen molar-refractivity contribution >= 4 is 35.1 Å². The molecule has 0 spiro atoms. The van der Waals surface area contributed by atoms with Crippen LogP contribution in [0.2, 0.25) is 0 Å². The topological polar surface area (TPSA) is 93.2 Å². The lowest BCUT2D eigenvalue weighted by Crippen LogP contribution is -2.30. The van der Waals surface area contributed by atoms with Crippen LogP contribution in [-0.2, 0) is 19.2 Å². The number of benzene rings is 2. The number of carbonyl (C=O) groups excluding carboxylic acids is 4. The van der Waals surface area contributed by atoms with Crippen LogP contribution < -0.4 is 19.3 Å². The summed E-state index contributed by atoms with van der Waals surface area (Å²) in [4.78, 5) is 53.7. The smallest absolute Gasteiger partial charge is 0.316 e. The summed E-state index contributed by atoms with van der Waals surface area (Å²) in [6.07, 6.45) is 3.54. The van der Waals surface area contributed by atoms with E-state index in [0.29, 0.717) is 23.7 Å². The van der Waals surface area contributed by atoms with Gasteiger partial charge >= 0.3 is 5.97 Å². The number of ether oxygens (including phenoxy) is 2. The number of hydrogen-bond acceptors (Lipinski definition) is 6. The second kappa shape index (κ2) is 9.52. The zero-order valence-corrected chi connectivity index (χ0v) is 19.6. The van der Waals surface area contributed by atoms with Gasteiger partial charge < -0.3 is 14.4 Å². The van der Waals surface area contributed by atoms with Crippen LogP contribution in [0.15, 0.2) is 48.5 Å². The summed E-state index contributed by atoms with van der Waals surface area (Å²) in [5.74, 6) is -0.886. The van der Waals surface area contributed by atoms with Gasteiger partial charge in [-0.1, -0.05) is 12.8 Å². The van der Waals surface area contributed by atoms with E-state index < -0.39 is 11.9 Å². The van der Waals surface area contributed by atoms with Gasteiger partial charge in [0.25, 0.3) is 0 Å². The molecule has 3 aliphatic rings. The molecule has 3 fully saturated rings. The van der Waals surface area contributed by atoms with Crippen molar-refractivity contribution in [3.8, 4) is 11.5 Å². The van der Waals surface area contributed by atoms with Gasteiger partial charge in [0.05, 0.1) is 30.0 Å². The summed E-state index contributed by atoms with van der Waals surface area (Å²) in [7, 11) is 0. The second-order valence-electron chi connectivity index (χ2n) is 9.26. The van der Waals surface area contributed by atoms with E-state index in [9.17, 15) is 19.2 Å². The largest absolute Gasteiger partial charge is 0.494 e. The molecule has 182 valence electrons. The van der Waals surface area contributed by atoms with Crippen molar-refractivity contribution in [2.75, 3.05) is 23.0 Å². The minimum atomic E-state index is -0.585. The predicted octanol–water partition coefficient (Wildman–Crippen LogP) is 3.72. The highest BCUT2D eigenvalue weighted by Gasteiger charge is 2.48. The van der Waals surface area contributed by atoms with Crippen LogP contribution in [0.4, 0.5) is 11.4 Å². The molecule has 0 N–H and O–H groups in total. The molecule has 1 aliphatic carbocycles. The quantitative estimate of drug-likeness (QED) is 0.358. The Kier molecular flexibility index (Phi) is 6.28. The number of nitrogens with zero attached hydrogens (tertiary/aromatic N) is 2. The van der Waals surface area contributed by atoms with E-state index in [1.165, 1.54) is 4.90 Å². The molecule has 2 aromatic carbocycles. The Labute approximate surface area is 203 Å². The maximum absolute atomic E-state index is 12.8.